The van der Waals surface area contributed by atoms with Crippen LogP contribution in [0.4, 0.5) is 13.2 Å². The number of benzene rings is 1. The lowest BCUT2D eigenvalue weighted by Crippen LogP contribution is -2.03. The molecule has 2 heterocycles. The first-order valence-electron chi connectivity index (χ1n) is 6.61. The second kappa shape index (κ2) is 5.46. The van der Waals surface area contributed by atoms with Crippen molar-refractivity contribution in [2.24, 2.45) is 0 Å². The Balaban J connectivity index is 2.09. The van der Waals surface area contributed by atoms with E-state index in [1.54, 1.807) is 25.6 Å². The second-order valence-electron chi connectivity index (χ2n) is 4.95. The summed E-state index contributed by atoms with van der Waals surface area (Å²) in [6.07, 6.45) is -1.02. The third kappa shape index (κ3) is 2.69. The number of halogens is 3. The molecule has 3 nitrogen and oxygen atoms in total. The predicted octanol–water partition coefficient (Wildman–Crippen LogP) is 4.40. The Morgan fingerprint density at radius 2 is 2.00 bits per heavy atom. The topological polar surface area (TPSA) is 37.9 Å². The van der Waals surface area contributed by atoms with Gasteiger partial charge in [-0.1, -0.05) is 0 Å². The van der Waals surface area contributed by atoms with Crippen LogP contribution < -0.4 is 0 Å². The molecule has 0 aliphatic carbocycles. The first-order chi connectivity index (χ1) is 10.5. The number of alkyl halides is 3. The van der Waals surface area contributed by atoms with Gasteiger partial charge in [-0.25, -0.2) is 0 Å². The second-order valence-corrected chi connectivity index (χ2v) is 4.95. The number of fused-ring (bicyclic) bond motifs is 1. The van der Waals surface area contributed by atoms with Crippen molar-refractivity contribution in [3.63, 3.8) is 0 Å². The summed E-state index contributed by atoms with van der Waals surface area (Å²) in [6, 6.07) is 7.18. The average molecular weight is 306 g/mol. The molecule has 22 heavy (non-hydrogen) atoms. The summed E-state index contributed by atoms with van der Waals surface area (Å²) in [5.41, 5.74) is 2.47. The molecule has 0 saturated heterocycles. The minimum Gasteiger partial charge on any atom is -0.380 e. The summed E-state index contributed by atoms with van der Waals surface area (Å²) >= 11 is 0. The zero-order chi connectivity index (χ0) is 15.7. The number of rotatable bonds is 3. The highest BCUT2D eigenvalue weighted by Crippen LogP contribution is 2.33. The van der Waals surface area contributed by atoms with E-state index in [4.69, 9.17) is 4.74 Å². The lowest BCUT2D eigenvalue weighted by molar-refractivity contribution is -0.137. The number of nitrogens with one attached hydrogen (secondary N) is 1. The predicted molar refractivity (Wildman–Crippen MR) is 77.2 cm³/mol. The third-order valence-corrected chi connectivity index (χ3v) is 3.44. The van der Waals surface area contributed by atoms with E-state index in [9.17, 15) is 13.2 Å². The van der Waals surface area contributed by atoms with Crippen LogP contribution in [0.15, 0.2) is 42.7 Å². The van der Waals surface area contributed by atoms with Gasteiger partial charge >= 0.3 is 6.18 Å². The third-order valence-electron chi connectivity index (χ3n) is 3.44. The summed E-state index contributed by atoms with van der Waals surface area (Å²) in [6.45, 7) is 0.381. The van der Waals surface area contributed by atoms with Gasteiger partial charge in [-0.05, 0) is 30.3 Å². The van der Waals surface area contributed by atoms with E-state index in [1.165, 1.54) is 6.07 Å². The zero-order valence-corrected chi connectivity index (χ0v) is 11.7. The maximum absolute atomic E-state index is 12.8. The van der Waals surface area contributed by atoms with Crippen LogP contribution in [-0.4, -0.2) is 17.1 Å². The zero-order valence-electron chi connectivity index (χ0n) is 11.7. The minimum atomic E-state index is -4.34. The summed E-state index contributed by atoms with van der Waals surface area (Å²) < 4.78 is 43.5. The summed E-state index contributed by atoms with van der Waals surface area (Å²) in [4.78, 5) is 7.19. The molecule has 0 saturated carbocycles. The van der Waals surface area contributed by atoms with Gasteiger partial charge in [0.25, 0.3) is 0 Å². The maximum atomic E-state index is 12.8. The molecular weight excluding hydrogens is 293 g/mol. The molecule has 0 bridgehead atoms. The number of nitrogens with zero attached hydrogens (tertiary/aromatic N) is 1. The van der Waals surface area contributed by atoms with E-state index in [1.807, 2.05) is 6.07 Å². The molecule has 3 rings (SSSR count). The lowest BCUT2D eigenvalue weighted by Gasteiger charge is -2.05. The molecule has 2 aromatic heterocycles. The molecule has 1 aromatic carbocycles. The van der Waals surface area contributed by atoms with Crippen LogP contribution in [0.25, 0.3) is 22.2 Å². The van der Waals surface area contributed by atoms with Crippen molar-refractivity contribution in [3.05, 3.63) is 53.9 Å². The molecule has 114 valence electrons. The number of ether oxygens (including phenoxy) is 1. The van der Waals surface area contributed by atoms with Crippen LogP contribution in [0.5, 0.6) is 0 Å². The van der Waals surface area contributed by atoms with Crippen LogP contribution in [0.3, 0.4) is 0 Å². The fraction of sp³-hybridized carbons (Fsp3) is 0.188. The van der Waals surface area contributed by atoms with E-state index in [0.717, 1.165) is 29.0 Å². The van der Waals surface area contributed by atoms with Gasteiger partial charge in [0.2, 0.25) is 0 Å². The van der Waals surface area contributed by atoms with Crippen molar-refractivity contribution < 1.29 is 17.9 Å². The standard InChI is InChI=1S/C16H13F3N2O/c1-22-9-11-8-20-5-4-13(11)15-7-10-6-12(16(17,18)19)2-3-14(10)21-15/h2-8,21H,9H2,1H3. The molecule has 0 aliphatic rings. The van der Waals surface area contributed by atoms with Crippen LogP contribution in [-0.2, 0) is 17.5 Å². The van der Waals surface area contributed by atoms with E-state index in [2.05, 4.69) is 9.97 Å². The SMILES string of the molecule is COCc1cnccc1-c1cc2cc(C(F)(F)F)ccc2[nH]1. The van der Waals surface area contributed by atoms with E-state index < -0.39 is 11.7 Å². The van der Waals surface area contributed by atoms with Crippen LogP contribution in [0.2, 0.25) is 0 Å². The Morgan fingerprint density at radius 3 is 2.73 bits per heavy atom. The molecule has 1 N–H and O–H groups in total. The first kappa shape index (κ1) is 14.6. The van der Waals surface area contributed by atoms with Crippen molar-refractivity contribution >= 4 is 10.9 Å². The molecule has 6 heteroatoms. The first-order valence-corrected chi connectivity index (χ1v) is 6.61. The highest BCUT2D eigenvalue weighted by atomic mass is 19.4. The Kier molecular flexibility index (Phi) is 3.62. The van der Waals surface area contributed by atoms with Crippen molar-refractivity contribution in [1.82, 2.24) is 9.97 Å². The van der Waals surface area contributed by atoms with Gasteiger partial charge in [-0.2, -0.15) is 13.2 Å². The van der Waals surface area contributed by atoms with Crippen molar-refractivity contribution in [1.29, 1.82) is 0 Å². The fourth-order valence-electron chi connectivity index (χ4n) is 2.41. The van der Waals surface area contributed by atoms with Crippen molar-refractivity contribution in [2.75, 3.05) is 7.11 Å². The number of pyridine rings is 1. The molecule has 0 amide bonds. The van der Waals surface area contributed by atoms with Gasteiger partial charge in [0.1, 0.15) is 0 Å². The molecule has 0 fully saturated rings. The molecule has 0 radical (unpaired) electrons. The van der Waals surface area contributed by atoms with Gasteiger partial charge in [0.05, 0.1) is 12.2 Å². The Bertz CT molecular complexity index is 809. The highest BCUT2D eigenvalue weighted by Gasteiger charge is 2.30. The summed E-state index contributed by atoms with van der Waals surface area (Å²) in [5.74, 6) is 0. The van der Waals surface area contributed by atoms with Gasteiger partial charge in [-0.3, -0.25) is 4.98 Å². The summed E-state index contributed by atoms with van der Waals surface area (Å²) in [5, 5.41) is 0.519. The number of aromatic nitrogens is 2. The molecular formula is C16H13F3N2O. The molecule has 0 spiro atoms. The van der Waals surface area contributed by atoms with Crippen LogP contribution >= 0.6 is 0 Å². The molecule has 0 unspecified atom stereocenters. The molecule has 0 atom stereocenters. The van der Waals surface area contributed by atoms with E-state index in [0.29, 0.717) is 17.5 Å². The quantitative estimate of drug-likeness (QED) is 0.779. The van der Waals surface area contributed by atoms with E-state index in [-0.39, 0.29) is 0 Å². The Hall–Kier alpha value is -2.34. The van der Waals surface area contributed by atoms with Gasteiger partial charge < -0.3 is 9.72 Å². The van der Waals surface area contributed by atoms with Gasteiger partial charge in [0.15, 0.2) is 0 Å². The Morgan fingerprint density at radius 1 is 1.18 bits per heavy atom. The Labute approximate surface area is 124 Å². The minimum absolute atomic E-state index is 0.381. The van der Waals surface area contributed by atoms with Gasteiger partial charge in [0, 0.05) is 47.2 Å². The number of hydrogen-bond donors (Lipinski definition) is 1. The summed E-state index contributed by atoms with van der Waals surface area (Å²) in [7, 11) is 1.58. The van der Waals surface area contributed by atoms with Crippen LogP contribution in [0.1, 0.15) is 11.1 Å². The lowest BCUT2D eigenvalue weighted by atomic mass is 10.1. The number of methoxy groups -OCH3 is 1. The van der Waals surface area contributed by atoms with Crippen molar-refractivity contribution in [3.8, 4) is 11.3 Å². The normalized spacial score (nSPS) is 12.0. The average Bonchev–Trinajstić information content (AvgIpc) is 2.90. The van der Waals surface area contributed by atoms with E-state index >= 15 is 0 Å². The highest BCUT2D eigenvalue weighted by molar-refractivity contribution is 5.87. The smallest absolute Gasteiger partial charge is 0.380 e. The van der Waals surface area contributed by atoms with Gasteiger partial charge in [-0.15, -0.1) is 0 Å². The monoisotopic (exact) mass is 306 g/mol. The molecule has 3 aromatic rings. The van der Waals surface area contributed by atoms with Crippen molar-refractivity contribution in [2.45, 2.75) is 12.8 Å². The number of H-pyrrole nitrogens is 1. The molecule has 0 aliphatic heterocycles. The number of aromatic amines is 1. The fourth-order valence-corrected chi connectivity index (χ4v) is 2.41. The largest absolute Gasteiger partial charge is 0.416 e. The van der Waals surface area contributed by atoms with Crippen LogP contribution in [0, 0.1) is 0 Å². The number of hydrogen-bond acceptors (Lipinski definition) is 2. The maximum Gasteiger partial charge on any atom is 0.416 e.